The number of carboxylic acids is 1. The van der Waals surface area contributed by atoms with Crippen molar-refractivity contribution in [3.63, 3.8) is 0 Å². The normalized spacial score (nSPS) is 19.8. The number of hydrogen-bond donors (Lipinski definition) is 1. The van der Waals surface area contributed by atoms with Crippen LogP contribution in [0.2, 0.25) is 5.02 Å². The number of carboxylic acid groups (broad SMARTS) is 1. The van der Waals surface area contributed by atoms with Crippen LogP contribution in [0.4, 0.5) is 5.69 Å². The topological polar surface area (TPSA) is 57.6 Å². The lowest BCUT2D eigenvalue weighted by Gasteiger charge is -2.17. The SMILES string of the molecule is O=C(O)C1CCN(c2ccc(Br)cc2Cl)C1=O. The molecule has 1 aliphatic rings. The Hall–Kier alpha value is -1.07. The Bertz CT molecular complexity index is 492. The fourth-order valence-corrected chi connectivity index (χ4v) is 2.62. The van der Waals surface area contributed by atoms with Crippen molar-refractivity contribution in [2.24, 2.45) is 5.92 Å². The number of carbonyl (C=O) groups excluding carboxylic acids is 1. The summed E-state index contributed by atoms with van der Waals surface area (Å²) in [5, 5.41) is 9.30. The second kappa shape index (κ2) is 4.66. The molecule has 0 radical (unpaired) electrons. The fraction of sp³-hybridized carbons (Fsp3) is 0.273. The lowest BCUT2D eigenvalue weighted by Crippen LogP contribution is -2.30. The Kier molecular flexibility index (Phi) is 3.40. The molecule has 1 aromatic carbocycles. The first-order valence-electron chi connectivity index (χ1n) is 5.00. The quantitative estimate of drug-likeness (QED) is 0.853. The molecule has 1 amide bonds. The number of rotatable bonds is 2. The van der Waals surface area contributed by atoms with Crippen LogP contribution < -0.4 is 4.90 Å². The molecule has 4 nitrogen and oxygen atoms in total. The van der Waals surface area contributed by atoms with Gasteiger partial charge in [0.2, 0.25) is 5.91 Å². The molecule has 1 fully saturated rings. The monoisotopic (exact) mass is 317 g/mol. The van der Waals surface area contributed by atoms with E-state index < -0.39 is 17.8 Å². The van der Waals surface area contributed by atoms with E-state index in [0.29, 0.717) is 23.7 Å². The number of nitrogens with zero attached hydrogens (tertiary/aromatic N) is 1. The lowest BCUT2D eigenvalue weighted by molar-refractivity contribution is -0.144. The zero-order valence-corrected chi connectivity index (χ0v) is 11.0. The van der Waals surface area contributed by atoms with Crippen molar-refractivity contribution in [1.29, 1.82) is 0 Å². The smallest absolute Gasteiger partial charge is 0.316 e. The standard InChI is InChI=1S/C11H9BrClNO3/c12-6-1-2-9(8(13)5-6)14-4-3-7(10(14)15)11(16)17/h1-2,5,7H,3-4H2,(H,16,17). The van der Waals surface area contributed by atoms with Gasteiger partial charge >= 0.3 is 5.97 Å². The van der Waals surface area contributed by atoms with Crippen LogP contribution in [0.3, 0.4) is 0 Å². The number of anilines is 1. The molecule has 0 bridgehead atoms. The van der Waals surface area contributed by atoms with Crippen molar-refractivity contribution < 1.29 is 14.7 Å². The zero-order chi connectivity index (χ0) is 12.6. The summed E-state index contributed by atoms with van der Waals surface area (Å²) in [6.45, 7) is 0.386. The summed E-state index contributed by atoms with van der Waals surface area (Å²) < 4.78 is 0.813. The van der Waals surface area contributed by atoms with Crippen molar-refractivity contribution in [2.45, 2.75) is 6.42 Å². The van der Waals surface area contributed by atoms with Crippen LogP contribution >= 0.6 is 27.5 Å². The van der Waals surface area contributed by atoms with E-state index in [9.17, 15) is 9.59 Å². The summed E-state index contributed by atoms with van der Waals surface area (Å²) in [5.74, 6) is -2.43. The first-order chi connectivity index (χ1) is 8.00. The highest BCUT2D eigenvalue weighted by atomic mass is 79.9. The fourth-order valence-electron chi connectivity index (χ4n) is 1.85. The molecule has 1 N–H and O–H groups in total. The molecule has 1 unspecified atom stereocenters. The minimum atomic E-state index is -1.08. The number of halogens is 2. The predicted octanol–water partition coefficient (Wildman–Crippen LogP) is 2.54. The van der Waals surface area contributed by atoms with Gasteiger partial charge in [-0.3, -0.25) is 9.59 Å². The van der Waals surface area contributed by atoms with Crippen LogP contribution in [0.5, 0.6) is 0 Å². The first kappa shape index (κ1) is 12.4. The third kappa shape index (κ3) is 2.30. The number of amides is 1. The second-order valence-electron chi connectivity index (χ2n) is 3.77. The molecule has 90 valence electrons. The number of benzene rings is 1. The number of hydrogen-bond acceptors (Lipinski definition) is 2. The molecule has 1 saturated heterocycles. The van der Waals surface area contributed by atoms with Crippen molar-refractivity contribution in [1.82, 2.24) is 0 Å². The summed E-state index contributed by atoms with van der Waals surface area (Å²) in [4.78, 5) is 24.1. The molecule has 17 heavy (non-hydrogen) atoms. The van der Waals surface area contributed by atoms with Gasteiger partial charge in [0.1, 0.15) is 5.92 Å². The van der Waals surface area contributed by atoms with Crippen LogP contribution in [0.25, 0.3) is 0 Å². The van der Waals surface area contributed by atoms with Crippen molar-refractivity contribution in [3.05, 3.63) is 27.7 Å². The highest BCUT2D eigenvalue weighted by Gasteiger charge is 2.38. The molecular formula is C11H9BrClNO3. The third-order valence-corrected chi connectivity index (χ3v) is 3.50. The van der Waals surface area contributed by atoms with Crippen LogP contribution in [-0.4, -0.2) is 23.5 Å². The molecule has 0 aromatic heterocycles. The van der Waals surface area contributed by atoms with E-state index in [2.05, 4.69) is 15.9 Å². The van der Waals surface area contributed by atoms with E-state index in [1.807, 2.05) is 0 Å². The second-order valence-corrected chi connectivity index (χ2v) is 5.09. The average Bonchev–Trinajstić information content (AvgIpc) is 2.60. The Morgan fingerprint density at radius 1 is 1.53 bits per heavy atom. The van der Waals surface area contributed by atoms with Gasteiger partial charge in [-0.1, -0.05) is 27.5 Å². The van der Waals surface area contributed by atoms with Gasteiger partial charge in [0.15, 0.2) is 0 Å². The maximum atomic E-state index is 11.9. The molecule has 2 rings (SSSR count). The summed E-state index contributed by atoms with van der Waals surface area (Å²) in [6.07, 6.45) is 0.320. The Morgan fingerprint density at radius 3 is 2.76 bits per heavy atom. The summed E-state index contributed by atoms with van der Waals surface area (Å²) in [5.41, 5.74) is 0.559. The van der Waals surface area contributed by atoms with Crippen molar-refractivity contribution in [3.8, 4) is 0 Å². The summed E-state index contributed by atoms with van der Waals surface area (Å²) in [6, 6.07) is 5.15. The van der Waals surface area contributed by atoms with E-state index in [1.54, 1.807) is 18.2 Å². The minimum Gasteiger partial charge on any atom is -0.481 e. The van der Waals surface area contributed by atoms with Crippen molar-refractivity contribution >= 4 is 45.1 Å². The summed E-state index contributed by atoms with van der Waals surface area (Å²) in [7, 11) is 0. The Labute approximate surface area is 111 Å². The van der Waals surface area contributed by atoms with Crippen LogP contribution in [0, 0.1) is 5.92 Å². The molecule has 1 atom stereocenters. The first-order valence-corrected chi connectivity index (χ1v) is 6.17. The van der Waals surface area contributed by atoms with E-state index >= 15 is 0 Å². The molecule has 1 aliphatic heterocycles. The Balaban J connectivity index is 2.30. The van der Waals surface area contributed by atoms with Gasteiger partial charge in [-0.15, -0.1) is 0 Å². The van der Waals surface area contributed by atoms with Crippen LogP contribution in [0.15, 0.2) is 22.7 Å². The number of aliphatic carboxylic acids is 1. The maximum Gasteiger partial charge on any atom is 0.316 e. The molecule has 1 aromatic rings. The lowest BCUT2D eigenvalue weighted by atomic mass is 10.1. The molecule has 0 saturated carbocycles. The van der Waals surface area contributed by atoms with E-state index in [4.69, 9.17) is 16.7 Å². The zero-order valence-electron chi connectivity index (χ0n) is 8.69. The van der Waals surface area contributed by atoms with Gasteiger partial charge < -0.3 is 10.0 Å². The molecule has 0 spiro atoms. The van der Waals surface area contributed by atoms with E-state index in [-0.39, 0.29) is 0 Å². The van der Waals surface area contributed by atoms with Gasteiger partial charge in [0.25, 0.3) is 0 Å². The maximum absolute atomic E-state index is 11.9. The highest BCUT2D eigenvalue weighted by Crippen LogP contribution is 2.33. The van der Waals surface area contributed by atoms with E-state index in [1.165, 1.54) is 4.90 Å². The minimum absolute atomic E-state index is 0.320. The Morgan fingerprint density at radius 2 is 2.24 bits per heavy atom. The van der Waals surface area contributed by atoms with Gasteiger partial charge in [-0.25, -0.2) is 0 Å². The molecule has 0 aliphatic carbocycles. The third-order valence-electron chi connectivity index (χ3n) is 2.70. The predicted molar refractivity (Wildman–Crippen MR) is 67.2 cm³/mol. The molecular weight excluding hydrogens is 309 g/mol. The van der Waals surface area contributed by atoms with Gasteiger partial charge in [0.05, 0.1) is 10.7 Å². The van der Waals surface area contributed by atoms with Crippen LogP contribution in [0.1, 0.15) is 6.42 Å². The van der Waals surface area contributed by atoms with Gasteiger partial charge in [-0.05, 0) is 24.6 Å². The van der Waals surface area contributed by atoms with Crippen molar-refractivity contribution in [2.75, 3.05) is 11.4 Å². The molecule has 1 heterocycles. The van der Waals surface area contributed by atoms with Crippen LogP contribution in [-0.2, 0) is 9.59 Å². The van der Waals surface area contributed by atoms with Gasteiger partial charge in [-0.2, -0.15) is 0 Å². The average molecular weight is 319 g/mol. The largest absolute Gasteiger partial charge is 0.481 e. The van der Waals surface area contributed by atoms with Gasteiger partial charge in [0, 0.05) is 11.0 Å². The summed E-state index contributed by atoms with van der Waals surface area (Å²) >= 11 is 9.30. The number of carbonyl (C=O) groups is 2. The molecule has 6 heteroatoms. The highest BCUT2D eigenvalue weighted by molar-refractivity contribution is 9.10. The van der Waals surface area contributed by atoms with E-state index in [0.717, 1.165) is 4.47 Å².